The van der Waals surface area contributed by atoms with Gasteiger partial charge in [-0.2, -0.15) is 0 Å². The summed E-state index contributed by atoms with van der Waals surface area (Å²) in [6.45, 7) is 0. The maximum absolute atomic E-state index is 4.66. The van der Waals surface area contributed by atoms with Crippen molar-refractivity contribution in [1.82, 2.24) is 19.5 Å². The van der Waals surface area contributed by atoms with Crippen LogP contribution in [0.2, 0.25) is 0 Å². The summed E-state index contributed by atoms with van der Waals surface area (Å²) in [7, 11) is 2.10. The van der Waals surface area contributed by atoms with Crippen LogP contribution in [0, 0.1) is 0 Å². The number of aromatic nitrogens is 4. The lowest BCUT2D eigenvalue weighted by Gasteiger charge is -2.03. The van der Waals surface area contributed by atoms with E-state index < -0.39 is 0 Å². The van der Waals surface area contributed by atoms with E-state index in [1.807, 2.05) is 18.3 Å². The maximum atomic E-state index is 4.66. The van der Waals surface area contributed by atoms with Crippen molar-refractivity contribution < 1.29 is 0 Å². The third-order valence-electron chi connectivity index (χ3n) is 4.53. The normalized spacial score (nSPS) is 11.5. The third kappa shape index (κ3) is 1.83. The van der Waals surface area contributed by atoms with Crippen molar-refractivity contribution >= 4 is 33.0 Å². The van der Waals surface area contributed by atoms with Gasteiger partial charge in [-0.25, -0.2) is 9.97 Å². The van der Waals surface area contributed by atoms with Crippen molar-refractivity contribution in [3.05, 3.63) is 67.0 Å². The summed E-state index contributed by atoms with van der Waals surface area (Å²) >= 11 is 0. The summed E-state index contributed by atoms with van der Waals surface area (Å²) in [6, 6.07) is 18.7. The number of rotatable bonds is 1. The Hall–Kier alpha value is -3.27. The number of fused-ring (bicyclic) bond motifs is 4. The van der Waals surface area contributed by atoms with Crippen LogP contribution in [0.25, 0.3) is 44.2 Å². The van der Waals surface area contributed by atoms with Crippen LogP contribution in [0.15, 0.2) is 67.0 Å². The van der Waals surface area contributed by atoms with E-state index in [1.54, 1.807) is 6.20 Å². The standard InChI is InChI=1S/C20H14N4/c1-24-18-7-3-2-5-14(18)15-11-13(8-9-19(15)24)17-12-22-16-6-4-10-21-20(16)23-17/h2-12H,1H3. The Labute approximate surface area is 138 Å². The molecule has 3 aromatic heterocycles. The molecule has 0 aliphatic rings. The van der Waals surface area contributed by atoms with Crippen molar-refractivity contribution in [2.24, 2.45) is 7.05 Å². The predicted octanol–water partition coefficient (Wildman–Crippen LogP) is 4.34. The number of para-hydroxylation sites is 1. The molecule has 0 unspecified atom stereocenters. The van der Waals surface area contributed by atoms with Crippen LogP contribution in [0.4, 0.5) is 0 Å². The monoisotopic (exact) mass is 310 g/mol. The molecule has 24 heavy (non-hydrogen) atoms. The zero-order valence-electron chi connectivity index (χ0n) is 13.1. The van der Waals surface area contributed by atoms with E-state index in [4.69, 9.17) is 0 Å². The molecule has 5 rings (SSSR count). The molecular weight excluding hydrogens is 296 g/mol. The molecule has 0 aliphatic heterocycles. The fourth-order valence-electron chi connectivity index (χ4n) is 3.32. The molecule has 4 heteroatoms. The smallest absolute Gasteiger partial charge is 0.178 e. The lowest BCUT2D eigenvalue weighted by atomic mass is 10.1. The summed E-state index contributed by atoms with van der Waals surface area (Å²) in [5.74, 6) is 0. The van der Waals surface area contributed by atoms with Crippen LogP contribution in [0.3, 0.4) is 0 Å². The molecule has 0 atom stereocenters. The largest absolute Gasteiger partial charge is 0.344 e. The molecule has 114 valence electrons. The molecule has 0 aliphatic carbocycles. The highest BCUT2D eigenvalue weighted by molar-refractivity contribution is 6.09. The molecule has 3 heterocycles. The number of pyridine rings is 1. The van der Waals surface area contributed by atoms with E-state index in [9.17, 15) is 0 Å². The molecule has 0 radical (unpaired) electrons. The highest BCUT2D eigenvalue weighted by Crippen LogP contribution is 2.31. The molecule has 4 nitrogen and oxygen atoms in total. The van der Waals surface area contributed by atoms with Crippen LogP contribution in [-0.2, 0) is 7.05 Å². The van der Waals surface area contributed by atoms with Gasteiger partial charge in [-0.15, -0.1) is 0 Å². The van der Waals surface area contributed by atoms with E-state index in [2.05, 4.69) is 69.0 Å². The van der Waals surface area contributed by atoms with Crippen molar-refractivity contribution in [3.8, 4) is 11.3 Å². The topological polar surface area (TPSA) is 43.6 Å². The zero-order chi connectivity index (χ0) is 16.1. The van der Waals surface area contributed by atoms with Gasteiger partial charge in [-0.1, -0.05) is 24.3 Å². The van der Waals surface area contributed by atoms with Crippen molar-refractivity contribution in [3.63, 3.8) is 0 Å². The summed E-state index contributed by atoms with van der Waals surface area (Å²) < 4.78 is 2.22. The Morgan fingerprint density at radius 2 is 1.71 bits per heavy atom. The zero-order valence-corrected chi connectivity index (χ0v) is 13.1. The number of nitrogens with zero attached hydrogens (tertiary/aromatic N) is 4. The van der Waals surface area contributed by atoms with Gasteiger partial charge in [0.05, 0.1) is 11.9 Å². The Morgan fingerprint density at radius 3 is 2.67 bits per heavy atom. The predicted molar refractivity (Wildman–Crippen MR) is 96.8 cm³/mol. The SMILES string of the molecule is Cn1c2ccccc2c2cc(-c3cnc4cccnc4n3)ccc21. The van der Waals surface area contributed by atoms with E-state index in [1.165, 1.54) is 21.8 Å². The lowest BCUT2D eigenvalue weighted by molar-refractivity contribution is 1.01. The first-order chi connectivity index (χ1) is 11.8. The van der Waals surface area contributed by atoms with Gasteiger partial charge in [-0.3, -0.25) is 4.98 Å². The fraction of sp³-hybridized carbons (Fsp3) is 0.0500. The molecule has 0 spiro atoms. The van der Waals surface area contributed by atoms with Gasteiger partial charge in [0.1, 0.15) is 5.52 Å². The van der Waals surface area contributed by atoms with E-state index >= 15 is 0 Å². The first kappa shape index (κ1) is 13.2. The second-order valence-electron chi connectivity index (χ2n) is 5.91. The fourth-order valence-corrected chi connectivity index (χ4v) is 3.32. The Bertz CT molecular complexity index is 1220. The molecule has 5 aromatic rings. The molecule has 0 bridgehead atoms. The highest BCUT2D eigenvalue weighted by atomic mass is 14.9. The second kappa shape index (κ2) is 4.86. The lowest BCUT2D eigenvalue weighted by Crippen LogP contribution is -1.91. The molecule has 2 aromatic carbocycles. The average molecular weight is 310 g/mol. The number of hydrogen-bond donors (Lipinski definition) is 0. The summed E-state index contributed by atoms with van der Waals surface area (Å²) in [6.07, 6.45) is 3.56. The molecule has 0 saturated carbocycles. The first-order valence-electron chi connectivity index (χ1n) is 7.86. The Balaban J connectivity index is 1.78. The Kier molecular flexibility index (Phi) is 2.67. The number of benzene rings is 2. The number of aryl methyl sites for hydroxylation is 1. The van der Waals surface area contributed by atoms with Crippen LogP contribution >= 0.6 is 0 Å². The Morgan fingerprint density at radius 1 is 0.833 bits per heavy atom. The number of hydrogen-bond acceptors (Lipinski definition) is 3. The van der Waals surface area contributed by atoms with Crippen molar-refractivity contribution in [1.29, 1.82) is 0 Å². The molecule has 0 N–H and O–H groups in total. The van der Waals surface area contributed by atoms with Crippen LogP contribution in [-0.4, -0.2) is 19.5 Å². The van der Waals surface area contributed by atoms with Gasteiger partial charge in [0.2, 0.25) is 0 Å². The highest BCUT2D eigenvalue weighted by Gasteiger charge is 2.10. The van der Waals surface area contributed by atoms with Crippen LogP contribution < -0.4 is 0 Å². The molecule has 0 saturated heterocycles. The van der Waals surface area contributed by atoms with Gasteiger partial charge in [0.15, 0.2) is 5.65 Å². The quantitative estimate of drug-likeness (QED) is 0.462. The van der Waals surface area contributed by atoms with E-state index in [0.29, 0.717) is 5.65 Å². The van der Waals surface area contributed by atoms with Gasteiger partial charge in [-0.05, 0) is 30.3 Å². The van der Waals surface area contributed by atoms with E-state index in [0.717, 1.165) is 16.8 Å². The van der Waals surface area contributed by atoms with E-state index in [-0.39, 0.29) is 0 Å². The maximum Gasteiger partial charge on any atom is 0.178 e. The summed E-state index contributed by atoms with van der Waals surface area (Å²) in [4.78, 5) is 13.4. The summed E-state index contributed by atoms with van der Waals surface area (Å²) in [5.41, 5.74) is 5.83. The van der Waals surface area contributed by atoms with Crippen LogP contribution in [0.1, 0.15) is 0 Å². The summed E-state index contributed by atoms with van der Waals surface area (Å²) in [5, 5.41) is 2.48. The van der Waals surface area contributed by atoms with Gasteiger partial charge in [0, 0.05) is 40.6 Å². The molecule has 0 fully saturated rings. The molecule has 0 amide bonds. The minimum Gasteiger partial charge on any atom is -0.344 e. The molecular formula is C20H14N4. The van der Waals surface area contributed by atoms with Gasteiger partial charge in [0.25, 0.3) is 0 Å². The minimum absolute atomic E-state index is 0.674. The minimum atomic E-state index is 0.674. The second-order valence-corrected chi connectivity index (χ2v) is 5.91. The van der Waals surface area contributed by atoms with Gasteiger partial charge >= 0.3 is 0 Å². The first-order valence-corrected chi connectivity index (χ1v) is 7.86. The van der Waals surface area contributed by atoms with Crippen molar-refractivity contribution in [2.75, 3.05) is 0 Å². The average Bonchev–Trinajstić information content (AvgIpc) is 2.94. The van der Waals surface area contributed by atoms with Crippen LogP contribution in [0.5, 0.6) is 0 Å². The third-order valence-corrected chi connectivity index (χ3v) is 4.53. The van der Waals surface area contributed by atoms with Crippen molar-refractivity contribution in [2.45, 2.75) is 0 Å². The van der Waals surface area contributed by atoms with Gasteiger partial charge < -0.3 is 4.57 Å².